The van der Waals surface area contributed by atoms with Crippen LogP contribution in [-0.2, 0) is 11.3 Å². The Kier molecular flexibility index (Phi) is 4.78. The molecule has 4 saturated carbocycles. The lowest BCUT2D eigenvalue weighted by atomic mass is 9.44. The molecule has 1 aromatic rings. The van der Waals surface area contributed by atoms with Crippen LogP contribution in [-0.4, -0.2) is 26.0 Å². The molecule has 0 amide bonds. The first-order chi connectivity index (χ1) is 14.1. The molecule has 4 nitrogen and oxygen atoms in total. The van der Waals surface area contributed by atoms with Gasteiger partial charge in [-0.15, -0.1) is 0 Å². The first-order valence-corrected chi connectivity index (χ1v) is 12.4. The van der Waals surface area contributed by atoms with Gasteiger partial charge in [0, 0.05) is 17.8 Å². The van der Waals surface area contributed by atoms with Gasteiger partial charge in [0.2, 0.25) is 0 Å². The number of hydrogen-bond acceptors (Lipinski definition) is 3. The molecule has 166 valence electrons. The molecule has 8 atom stereocenters. The molecule has 0 saturated heterocycles. The normalized spacial score (nSPS) is 48.0. The Morgan fingerprint density at radius 2 is 1.83 bits per heavy atom. The van der Waals surface area contributed by atoms with Gasteiger partial charge in [-0.1, -0.05) is 13.8 Å². The molecule has 0 radical (unpaired) electrons. The summed E-state index contributed by atoms with van der Waals surface area (Å²) in [6.07, 6.45) is 14.1. The molecule has 5 rings (SSSR count). The van der Waals surface area contributed by atoms with Gasteiger partial charge in [-0.05, 0) is 106 Å². The van der Waals surface area contributed by atoms with Crippen molar-refractivity contribution in [3.05, 3.63) is 18.2 Å². The van der Waals surface area contributed by atoms with Crippen LogP contribution in [0.2, 0.25) is 0 Å². The Morgan fingerprint density at radius 3 is 2.57 bits per heavy atom. The fraction of sp³-hybridized carbons (Fsp3) is 0.846. The Balaban J connectivity index is 1.35. The van der Waals surface area contributed by atoms with Crippen molar-refractivity contribution in [1.82, 2.24) is 9.55 Å². The fourth-order valence-corrected chi connectivity index (χ4v) is 8.79. The predicted octanol–water partition coefficient (Wildman–Crippen LogP) is 5.17. The number of ketones is 1. The molecule has 30 heavy (non-hydrogen) atoms. The van der Waals surface area contributed by atoms with E-state index < -0.39 is 5.60 Å². The van der Waals surface area contributed by atoms with Crippen molar-refractivity contribution in [2.24, 2.45) is 40.4 Å². The summed E-state index contributed by atoms with van der Waals surface area (Å²) < 4.78 is 2.02. The van der Waals surface area contributed by atoms with E-state index >= 15 is 0 Å². The summed E-state index contributed by atoms with van der Waals surface area (Å²) in [4.78, 5) is 17.6. The highest BCUT2D eigenvalue weighted by Gasteiger charge is 2.61. The van der Waals surface area contributed by atoms with E-state index in [-0.39, 0.29) is 11.3 Å². The van der Waals surface area contributed by atoms with Crippen molar-refractivity contribution in [3.8, 4) is 0 Å². The molecule has 0 spiro atoms. The minimum absolute atomic E-state index is 0.177. The minimum atomic E-state index is -0.462. The molecule has 4 aliphatic rings. The van der Waals surface area contributed by atoms with E-state index in [1.54, 1.807) is 6.33 Å². The molecule has 4 fully saturated rings. The van der Waals surface area contributed by atoms with Gasteiger partial charge in [0.1, 0.15) is 0 Å². The van der Waals surface area contributed by atoms with E-state index in [1.807, 2.05) is 24.6 Å². The van der Waals surface area contributed by atoms with Crippen molar-refractivity contribution in [2.75, 3.05) is 0 Å². The molecule has 1 heterocycles. The monoisotopic (exact) mass is 412 g/mol. The summed E-state index contributed by atoms with van der Waals surface area (Å²) in [5.41, 5.74) is 1.18. The van der Waals surface area contributed by atoms with E-state index in [9.17, 15) is 9.90 Å². The highest BCUT2D eigenvalue weighted by Crippen LogP contribution is 2.68. The van der Waals surface area contributed by atoms with E-state index in [4.69, 9.17) is 0 Å². The van der Waals surface area contributed by atoms with Gasteiger partial charge in [0.25, 0.3) is 0 Å². The van der Waals surface area contributed by atoms with Gasteiger partial charge < -0.3 is 9.67 Å². The third kappa shape index (κ3) is 3.04. The quantitative estimate of drug-likeness (QED) is 0.745. The van der Waals surface area contributed by atoms with Crippen LogP contribution in [0, 0.1) is 47.3 Å². The number of carbonyl (C=O) groups is 1. The summed E-state index contributed by atoms with van der Waals surface area (Å²) in [6, 6.07) is 0. The van der Waals surface area contributed by atoms with Crippen LogP contribution in [0.1, 0.15) is 84.3 Å². The number of aromatic nitrogens is 2. The standard InChI is InChI=1S/C26H40N2O2/c1-17-14-27-16-28(17)15-23(29)22-8-7-20-19-6-5-18-13-24(2,30)11-12-25(18,3)21(19)9-10-26(20,22)4/h14,16,18-22,30H,5-13,15H2,1-4H3/t18?,19?,20?,21?,22?,24-,25?,26?/m1/s1. The third-order valence-corrected chi connectivity index (χ3v) is 10.6. The summed E-state index contributed by atoms with van der Waals surface area (Å²) >= 11 is 0. The van der Waals surface area contributed by atoms with Crippen molar-refractivity contribution in [3.63, 3.8) is 0 Å². The fourth-order valence-electron chi connectivity index (χ4n) is 8.79. The second-order valence-electron chi connectivity index (χ2n) is 12.2. The Labute approximate surface area is 181 Å². The van der Waals surface area contributed by atoms with Gasteiger partial charge in [-0.25, -0.2) is 4.98 Å². The highest BCUT2D eigenvalue weighted by molar-refractivity contribution is 5.82. The summed E-state index contributed by atoms with van der Waals surface area (Å²) in [5.74, 6) is 3.58. The average molecular weight is 413 g/mol. The molecule has 0 bridgehead atoms. The lowest BCUT2D eigenvalue weighted by molar-refractivity contribution is -0.151. The van der Waals surface area contributed by atoms with Crippen LogP contribution in [0.5, 0.6) is 0 Å². The van der Waals surface area contributed by atoms with Crippen molar-refractivity contribution < 1.29 is 9.90 Å². The zero-order valence-corrected chi connectivity index (χ0v) is 19.4. The highest BCUT2D eigenvalue weighted by atomic mass is 16.3. The molecular formula is C26H40N2O2. The van der Waals surface area contributed by atoms with Gasteiger partial charge in [0.05, 0.1) is 18.5 Å². The van der Waals surface area contributed by atoms with Crippen LogP contribution in [0.15, 0.2) is 12.5 Å². The Bertz CT molecular complexity index is 829. The van der Waals surface area contributed by atoms with E-state index in [1.165, 1.54) is 38.5 Å². The molecule has 7 unspecified atom stereocenters. The first kappa shape index (κ1) is 20.7. The maximum Gasteiger partial charge on any atom is 0.156 e. The number of rotatable bonds is 3. The first-order valence-electron chi connectivity index (χ1n) is 12.4. The smallest absolute Gasteiger partial charge is 0.156 e. The summed E-state index contributed by atoms with van der Waals surface area (Å²) in [6.45, 7) is 9.56. The molecule has 0 aliphatic heterocycles. The lowest BCUT2D eigenvalue weighted by Gasteiger charge is -2.61. The molecule has 4 heteroatoms. The van der Waals surface area contributed by atoms with Crippen LogP contribution in [0.3, 0.4) is 0 Å². The van der Waals surface area contributed by atoms with Gasteiger partial charge in [-0.2, -0.15) is 0 Å². The molecule has 1 aromatic heterocycles. The number of fused-ring (bicyclic) bond motifs is 5. The van der Waals surface area contributed by atoms with Crippen molar-refractivity contribution in [2.45, 2.75) is 97.6 Å². The molecule has 1 N–H and O–H groups in total. The second kappa shape index (κ2) is 6.92. The Hall–Kier alpha value is -1.16. The van der Waals surface area contributed by atoms with Crippen LogP contribution in [0.4, 0.5) is 0 Å². The summed E-state index contributed by atoms with van der Waals surface area (Å²) in [7, 11) is 0. The zero-order valence-electron chi connectivity index (χ0n) is 19.4. The van der Waals surface area contributed by atoms with E-state index in [0.29, 0.717) is 29.6 Å². The number of aryl methyl sites for hydroxylation is 1. The minimum Gasteiger partial charge on any atom is -0.390 e. The largest absolute Gasteiger partial charge is 0.390 e. The molecule has 4 aliphatic carbocycles. The molecular weight excluding hydrogens is 372 g/mol. The maximum absolute atomic E-state index is 13.4. The average Bonchev–Trinajstić information content (AvgIpc) is 3.24. The number of aliphatic hydroxyl groups is 1. The SMILES string of the molecule is Cc1cncn1CC(=O)C1CCC2C3CCC4C[C@](C)(O)CCC4(C)C3CCC12C. The lowest BCUT2D eigenvalue weighted by Crippen LogP contribution is -2.55. The zero-order chi connectivity index (χ0) is 21.3. The number of imidazole rings is 1. The van der Waals surface area contributed by atoms with Gasteiger partial charge in [-0.3, -0.25) is 4.79 Å². The van der Waals surface area contributed by atoms with Crippen molar-refractivity contribution >= 4 is 5.78 Å². The third-order valence-electron chi connectivity index (χ3n) is 10.6. The Morgan fingerprint density at radius 1 is 1.07 bits per heavy atom. The van der Waals surface area contributed by atoms with Gasteiger partial charge >= 0.3 is 0 Å². The second-order valence-corrected chi connectivity index (χ2v) is 12.2. The number of carbonyl (C=O) groups excluding carboxylic acids is 1. The summed E-state index contributed by atoms with van der Waals surface area (Å²) in [5, 5.41) is 10.7. The number of nitrogens with zero attached hydrogens (tertiary/aromatic N) is 2. The van der Waals surface area contributed by atoms with Crippen LogP contribution in [0.25, 0.3) is 0 Å². The van der Waals surface area contributed by atoms with Gasteiger partial charge in [0.15, 0.2) is 5.78 Å². The number of hydrogen-bond donors (Lipinski definition) is 1. The topological polar surface area (TPSA) is 55.1 Å². The van der Waals surface area contributed by atoms with E-state index in [2.05, 4.69) is 18.8 Å². The van der Waals surface area contributed by atoms with Crippen LogP contribution < -0.4 is 0 Å². The molecule has 0 aromatic carbocycles. The van der Waals surface area contributed by atoms with E-state index in [0.717, 1.165) is 36.8 Å². The van der Waals surface area contributed by atoms with Crippen LogP contribution >= 0.6 is 0 Å². The maximum atomic E-state index is 13.4. The number of Topliss-reactive ketones (excluding diaryl/α,β-unsaturated/α-hetero) is 1. The van der Waals surface area contributed by atoms with Crippen molar-refractivity contribution in [1.29, 1.82) is 0 Å². The predicted molar refractivity (Wildman–Crippen MR) is 118 cm³/mol.